The van der Waals surface area contributed by atoms with Gasteiger partial charge in [0.25, 0.3) is 5.91 Å². The fourth-order valence-corrected chi connectivity index (χ4v) is 2.17. The molecule has 1 atom stereocenters. The van der Waals surface area contributed by atoms with Crippen molar-refractivity contribution in [2.24, 2.45) is 0 Å². The zero-order valence-electron chi connectivity index (χ0n) is 13.0. The van der Waals surface area contributed by atoms with Gasteiger partial charge >= 0.3 is 0 Å². The molecule has 0 heterocycles. The van der Waals surface area contributed by atoms with Crippen LogP contribution in [0.5, 0.6) is 11.5 Å². The van der Waals surface area contributed by atoms with Crippen LogP contribution in [0.25, 0.3) is 0 Å². The Bertz CT molecular complexity index is 699. The summed E-state index contributed by atoms with van der Waals surface area (Å²) in [5.74, 6) is -1.06. The number of methoxy groups -OCH3 is 2. The third-order valence-electron chi connectivity index (χ3n) is 3.38. The Labute approximate surface area is 133 Å². The number of ether oxygens (including phenoxy) is 2. The van der Waals surface area contributed by atoms with Crippen LogP contribution in [0.3, 0.4) is 0 Å². The van der Waals surface area contributed by atoms with Gasteiger partial charge < -0.3 is 14.8 Å². The van der Waals surface area contributed by atoms with Crippen molar-refractivity contribution in [1.29, 1.82) is 0 Å². The fourth-order valence-electron chi connectivity index (χ4n) is 2.17. The molecule has 0 aliphatic rings. The molecule has 122 valence electrons. The quantitative estimate of drug-likeness (QED) is 0.917. The second-order valence-electron chi connectivity index (χ2n) is 4.97. The molecule has 0 spiro atoms. The third kappa shape index (κ3) is 3.97. The molecule has 2 rings (SSSR count). The Morgan fingerprint density at radius 1 is 1.00 bits per heavy atom. The SMILES string of the molecule is COc1ccc([C@H](C)NC(=O)c2cc(F)cc(F)c2)cc1OC. The number of hydrogen-bond donors (Lipinski definition) is 1. The Morgan fingerprint density at radius 3 is 2.17 bits per heavy atom. The molecule has 0 fully saturated rings. The summed E-state index contributed by atoms with van der Waals surface area (Å²) in [5, 5.41) is 2.69. The van der Waals surface area contributed by atoms with Crippen molar-refractivity contribution in [2.45, 2.75) is 13.0 Å². The van der Waals surface area contributed by atoms with Crippen molar-refractivity contribution >= 4 is 5.91 Å². The van der Waals surface area contributed by atoms with Crippen LogP contribution < -0.4 is 14.8 Å². The van der Waals surface area contributed by atoms with Crippen molar-refractivity contribution < 1.29 is 23.0 Å². The van der Waals surface area contributed by atoms with Gasteiger partial charge in [-0.15, -0.1) is 0 Å². The summed E-state index contributed by atoms with van der Waals surface area (Å²) >= 11 is 0. The second-order valence-corrected chi connectivity index (χ2v) is 4.97. The van der Waals surface area contributed by atoms with E-state index in [0.717, 1.165) is 17.7 Å². The van der Waals surface area contributed by atoms with Gasteiger partial charge in [-0.1, -0.05) is 6.07 Å². The van der Waals surface area contributed by atoms with E-state index in [1.165, 1.54) is 14.2 Å². The first-order chi connectivity index (χ1) is 10.9. The molecule has 23 heavy (non-hydrogen) atoms. The van der Waals surface area contributed by atoms with Crippen molar-refractivity contribution in [3.63, 3.8) is 0 Å². The molecular weight excluding hydrogens is 304 g/mol. The van der Waals surface area contributed by atoms with E-state index in [-0.39, 0.29) is 11.6 Å². The van der Waals surface area contributed by atoms with Gasteiger partial charge in [-0.2, -0.15) is 0 Å². The summed E-state index contributed by atoms with van der Waals surface area (Å²) in [5.41, 5.74) is 0.697. The lowest BCUT2D eigenvalue weighted by molar-refractivity contribution is 0.0939. The molecular formula is C17H17F2NO3. The lowest BCUT2D eigenvalue weighted by Crippen LogP contribution is -2.26. The molecule has 0 aromatic heterocycles. The zero-order valence-corrected chi connectivity index (χ0v) is 13.0. The van der Waals surface area contributed by atoms with Crippen molar-refractivity contribution in [3.05, 3.63) is 59.2 Å². The number of carbonyl (C=O) groups is 1. The normalized spacial score (nSPS) is 11.7. The average molecular weight is 321 g/mol. The fraction of sp³-hybridized carbons (Fsp3) is 0.235. The zero-order chi connectivity index (χ0) is 17.0. The highest BCUT2D eigenvalue weighted by atomic mass is 19.1. The Kier molecular flexibility index (Phi) is 5.16. The smallest absolute Gasteiger partial charge is 0.251 e. The molecule has 6 heteroatoms. The van der Waals surface area contributed by atoms with Crippen LogP contribution in [-0.2, 0) is 0 Å². The molecule has 0 bridgehead atoms. The van der Waals surface area contributed by atoms with Gasteiger partial charge in [0.15, 0.2) is 11.5 Å². The number of hydrogen-bond acceptors (Lipinski definition) is 3. The molecule has 1 amide bonds. The van der Waals surface area contributed by atoms with E-state index in [0.29, 0.717) is 17.6 Å². The van der Waals surface area contributed by atoms with Gasteiger partial charge in [-0.05, 0) is 36.8 Å². The van der Waals surface area contributed by atoms with Crippen LogP contribution in [0.15, 0.2) is 36.4 Å². The van der Waals surface area contributed by atoms with Crippen LogP contribution in [0.2, 0.25) is 0 Å². The van der Waals surface area contributed by atoms with Crippen LogP contribution in [0.1, 0.15) is 28.9 Å². The summed E-state index contributed by atoms with van der Waals surface area (Å²) < 4.78 is 36.7. The Morgan fingerprint density at radius 2 is 1.61 bits per heavy atom. The maximum Gasteiger partial charge on any atom is 0.251 e. The maximum absolute atomic E-state index is 13.2. The standard InChI is InChI=1S/C17H17F2NO3/c1-10(11-4-5-15(22-2)16(8-11)23-3)20-17(21)12-6-13(18)9-14(19)7-12/h4-10H,1-3H3,(H,20,21)/t10-/m0/s1. The van der Waals surface area contributed by atoms with Gasteiger partial charge in [-0.25, -0.2) is 8.78 Å². The van der Waals surface area contributed by atoms with Crippen LogP contribution >= 0.6 is 0 Å². The van der Waals surface area contributed by atoms with E-state index in [1.807, 2.05) is 0 Å². The minimum atomic E-state index is -0.797. The van der Waals surface area contributed by atoms with E-state index in [9.17, 15) is 13.6 Å². The summed E-state index contributed by atoms with van der Waals surface area (Å²) in [4.78, 5) is 12.1. The highest BCUT2D eigenvalue weighted by Crippen LogP contribution is 2.29. The molecule has 0 radical (unpaired) electrons. The highest BCUT2D eigenvalue weighted by molar-refractivity contribution is 5.94. The van der Waals surface area contributed by atoms with E-state index in [4.69, 9.17) is 9.47 Å². The van der Waals surface area contributed by atoms with Crippen molar-refractivity contribution in [2.75, 3.05) is 14.2 Å². The highest BCUT2D eigenvalue weighted by Gasteiger charge is 2.15. The first-order valence-electron chi connectivity index (χ1n) is 6.93. The molecule has 0 unspecified atom stereocenters. The Hall–Kier alpha value is -2.63. The predicted octanol–water partition coefficient (Wildman–Crippen LogP) is 3.47. The molecule has 4 nitrogen and oxygen atoms in total. The number of halogens is 2. The van der Waals surface area contributed by atoms with Crippen LogP contribution in [0.4, 0.5) is 8.78 Å². The van der Waals surface area contributed by atoms with E-state index in [1.54, 1.807) is 25.1 Å². The summed E-state index contributed by atoms with van der Waals surface area (Å²) in [7, 11) is 3.04. The van der Waals surface area contributed by atoms with Gasteiger partial charge in [0.2, 0.25) is 0 Å². The topological polar surface area (TPSA) is 47.6 Å². The van der Waals surface area contributed by atoms with E-state index >= 15 is 0 Å². The summed E-state index contributed by atoms with van der Waals surface area (Å²) in [6.07, 6.45) is 0. The third-order valence-corrected chi connectivity index (χ3v) is 3.38. The number of rotatable bonds is 5. The first kappa shape index (κ1) is 16.7. The molecule has 1 N–H and O–H groups in total. The monoisotopic (exact) mass is 321 g/mol. The van der Waals surface area contributed by atoms with E-state index < -0.39 is 17.5 Å². The van der Waals surface area contributed by atoms with E-state index in [2.05, 4.69) is 5.32 Å². The minimum Gasteiger partial charge on any atom is -0.493 e. The molecule has 0 aliphatic heterocycles. The van der Waals surface area contributed by atoms with Gasteiger partial charge in [0, 0.05) is 11.6 Å². The number of nitrogens with one attached hydrogen (secondary N) is 1. The summed E-state index contributed by atoms with van der Waals surface area (Å²) in [6.45, 7) is 1.76. The minimum absolute atomic E-state index is 0.0742. The lowest BCUT2D eigenvalue weighted by Gasteiger charge is -2.16. The number of benzene rings is 2. The van der Waals surface area contributed by atoms with Crippen LogP contribution in [-0.4, -0.2) is 20.1 Å². The average Bonchev–Trinajstić information content (AvgIpc) is 2.53. The summed E-state index contributed by atoms with van der Waals surface area (Å²) in [6, 6.07) is 7.54. The lowest BCUT2D eigenvalue weighted by atomic mass is 10.1. The van der Waals surface area contributed by atoms with Gasteiger partial charge in [-0.3, -0.25) is 4.79 Å². The molecule has 0 aliphatic carbocycles. The number of carbonyl (C=O) groups excluding carboxylic acids is 1. The molecule has 2 aromatic carbocycles. The molecule has 2 aromatic rings. The molecule has 0 saturated heterocycles. The molecule has 0 saturated carbocycles. The van der Waals surface area contributed by atoms with Gasteiger partial charge in [0.05, 0.1) is 20.3 Å². The largest absolute Gasteiger partial charge is 0.493 e. The predicted molar refractivity (Wildman–Crippen MR) is 81.8 cm³/mol. The second kappa shape index (κ2) is 7.09. The maximum atomic E-state index is 13.2. The Balaban J connectivity index is 2.18. The number of amides is 1. The first-order valence-corrected chi connectivity index (χ1v) is 6.93. The van der Waals surface area contributed by atoms with Crippen molar-refractivity contribution in [1.82, 2.24) is 5.32 Å². The van der Waals surface area contributed by atoms with Gasteiger partial charge in [0.1, 0.15) is 11.6 Å². The van der Waals surface area contributed by atoms with Crippen LogP contribution in [0, 0.1) is 11.6 Å². The van der Waals surface area contributed by atoms with Crippen molar-refractivity contribution in [3.8, 4) is 11.5 Å².